The molecule has 2 fully saturated rings. The molecular formula is C23H33BrN2O4. The van der Waals surface area contributed by atoms with Crippen LogP contribution in [0.15, 0.2) is 16.6 Å². The second kappa shape index (κ2) is 11.0. The molecule has 1 aromatic carbocycles. The largest absolute Gasteiger partial charge is 0.493 e. The van der Waals surface area contributed by atoms with E-state index in [1.807, 2.05) is 16.7 Å². The highest BCUT2D eigenvalue weighted by Crippen LogP contribution is 2.37. The van der Waals surface area contributed by atoms with Gasteiger partial charge < -0.3 is 19.3 Å². The maximum Gasteiger partial charge on any atom is 0.254 e. The van der Waals surface area contributed by atoms with Gasteiger partial charge in [-0.2, -0.15) is 0 Å². The van der Waals surface area contributed by atoms with Gasteiger partial charge in [-0.1, -0.05) is 19.8 Å². The Kier molecular flexibility index (Phi) is 8.42. The molecule has 0 bridgehead atoms. The van der Waals surface area contributed by atoms with Crippen molar-refractivity contribution < 1.29 is 19.1 Å². The molecule has 7 heteroatoms. The molecule has 6 nitrogen and oxygen atoms in total. The number of benzene rings is 1. The zero-order valence-corrected chi connectivity index (χ0v) is 19.7. The SMILES string of the molecule is CCCOc1c(Br)cc(C(=O)N2CCC(C(=O)N3CCCCCC3)CC2)cc1OC. The number of hydrogen-bond acceptors (Lipinski definition) is 4. The highest BCUT2D eigenvalue weighted by Gasteiger charge is 2.31. The molecule has 0 saturated carbocycles. The van der Waals surface area contributed by atoms with E-state index in [0.29, 0.717) is 41.2 Å². The predicted octanol–water partition coefficient (Wildman–Crippen LogP) is 4.50. The van der Waals surface area contributed by atoms with Crippen LogP contribution < -0.4 is 9.47 Å². The Labute approximate surface area is 188 Å². The molecule has 3 rings (SSSR count). The predicted molar refractivity (Wildman–Crippen MR) is 120 cm³/mol. The van der Waals surface area contributed by atoms with Gasteiger partial charge in [-0.15, -0.1) is 0 Å². The summed E-state index contributed by atoms with van der Waals surface area (Å²) in [5.74, 6) is 1.46. The van der Waals surface area contributed by atoms with Crippen LogP contribution in [-0.2, 0) is 4.79 Å². The minimum atomic E-state index is -0.0308. The van der Waals surface area contributed by atoms with E-state index >= 15 is 0 Å². The molecule has 0 aliphatic carbocycles. The Morgan fingerprint density at radius 2 is 1.70 bits per heavy atom. The number of halogens is 1. The summed E-state index contributed by atoms with van der Waals surface area (Å²) in [6.45, 7) is 5.62. The van der Waals surface area contributed by atoms with Crippen molar-refractivity contribution in [3.05, 3.63) is 22.2 Å². The van der Waals surface area contributed by atoms with E-state index in [1.165, 1.54) is 12.8 Å². The Morgan fingerprint density at radius 1 is 1.03 bits per heavy atom. The fourth-order valence-corrected chi connectivity index (χ4v) is 4.81. The number of rotatable bonds is 6. The monoisotopic (exact) mass is 480 g/mol. The fourth-order valence-electron chi connectivity index (χ4n) is 4.25. The Hall–Kier alpha value is -1.76. The Balaban J connectivity index is 1.62. The van der Waals surface area contributed by atoms with Gasteiger partial charge in [-0.3, -0.25) is 9.59 Å². The van der Waals surface area contributed by atoms with Crippen molar-refractivity contribution >= 4 is 27.7 Å². The summed E-state index contributed by atoms with van der Waals surface area (Å²) >= 11 is 3.51. The minimum absolute atomic E-state index is 0.0308. The van der Waals surface area contributed by atoms with Gasteiger partial charge in [-0.25, -0.2) is 0 Å². The van der Waals surface area contributed by atoms with Gasteiger partial charge >= 0.3 is 0 Å². The van der Waals surface area contributed by atoms with Crippen molar-refractivity contribution in [1.29, 1.82) is 0 Å². The third-order valence-corrected chi connectivity index (χ3v) is 6.57. The Bertz CT molecular complexity index is 739. The quantitative estimate of drug-likeness (QED) is 0.601. The topological polar surface area (TPSA) is 59.1 Å². The average molecular weight is 481 g/mol. The summed E-state index contributed by atoms with van der Waals surface area (Å²) in [4.78, 5) is 29.9. The number of amides is 2. The maximum atomic E-state index is 13.1. The first-order valence-corrected chi connectivity index (χ1v) is 11.9. The van der Waals surface area contributed by atoms with Gasteiger partial charge in [0.1, 0.15) is 0 Å². The molecular weight excluding hydrogens is 448 g/mol. The van der Waals surface area contributed by atoms with Crippen molar-refractivity contribution in [1.82, 2.24) is 9.80 Å². The van der Waals surface area contributed by atoms with Gasteiger partial charge in [-0.05, 0) is 60.2 Å². The lowest BCUT2D eigenvalue weighted by molar-refractivity contribution is -0.136. The lowest BCUT2D eigenvalue weighted by atomic mass is 9.94. The fraction of sp³-hybridized carbons (Fsp3) is 0.652. The van der Waals surface area contributed by atoms with E-state index in [-0.39, 0.29) is 17.7 Å². The van der Waals surface area contributed by atoms with Crippen molar-refractivity contribution in [3.63, 3.8) is 0 Å². The zero-order chi connectivity index (χ0) is 21.5. The lowest BCUT2D eigenvalue weighted by Gasteiger charge is -2.34. The molecule has 2 heterocycles. The minimum Gasteiger partial charge on any atom is -0.493 e. The third-order valence-electron chi connectivity index (χ3n) is 5.98. The first-order valence-electron chi connectivity index (χ1n) is 11.1. The Morgan fingerprint density at radius 3 is 2.30 bits per heavy atom. The van der Waals surface area contributed by atoms with Crippen LogP contribution in [0.5, 0.6) is 11.5 Å². The number of piperidine rings is 1. The molecule has 30 heavy (non-hydrogen) atoms. The molecule has 0 unspecified atom stereocenters. The van der Waals surface area contributed by atoms with Crippen molar-refractivity contribution in [3.8, 4) is 11.5 Å². The molecule has 0 atom stereocenters. The summed E-state index contributed by atoms with van der Waals surface area (Å²) in [6.07, 6.45) is 7.01. The van der Waals surface area contributed by atoms with Crippen LogP contribution in [0.25, 0.3) is 0 Å². The van der Waals surface area contributed by atoms with Crippen LogP contribution in [0.3, 0.4) is 0 Å². The normalized spacial score (nSPS) is 18.1. The number of carbonyl (C=O) groups excluding carboxylic acids is 2. The molecule has 2 amide bonds. The number of hydrogen-bond donors (Lipinski definition) is 0. The van der Waals surface area contributed by atoms with Crippen LogP contribution in [-0.4, -0.2) is 61.5 Å². The first kappa shape index (κ1) is 22.9. The number of nitrogens with zero attached hydrogens (tertiary/aromatic N) is 2. The average Bonchev–Trinajstić information content (AvgIpc) is 3.06. The third kappa shape index (κ3) is 5.48. The van der Waals surface area contributed by atoms with E-state index in [4.69, 9.17) is 9.47 Å². The van der Waals surface area contributed by atoms with Crippen molar-refractivity contribution in [2.75, 3.05) is 39.9 Å². The molecule has 0 aromatic heterocycles. The summed E-state index contributed by atoms with van der Waals surface area (Å²) < 4.78 is 11.9. The zero-order valence-electron chi connectivity index (χ0n) is 18.1. The highest BCUT2D eigenvalue weighted by atomic mass is 79.9. The van der Waals surface area contributed by atoms with Crippen LogP contribution in [0.2, 0.25) is 0 Å². The van der Waals surface area contributed by atoms with E-state index in [0.717, 1.165) is 45.2 Å². The molecule has 2 aliphatic rings. The number of ether oxygens (including phenoxy) is 2. The van der Waals surface area contributed by atoms with Crippen LogP contribution in [0, 0.1) is 5.92 Å². The molecule has 2 saturated heterocycles. The summed E-state index contributed by atoms with van der Waals surface area (Å²) in [5.41, 5.74) is 0.569. The summed E-state index contributed by atoms with van der Waals surface area (Å²) in [7, 11) is 1.58. The van der Waals surface area contributed by atoms with Crippen molar-refractivity contribution in [2.45, 2.75) is 51.9 Å². The van der Waals surface area contributed by atoms with Crippen LogP contribution in [0.1, 0.15) is 62.2 Å². The van der Waals surface area contributed by atoms with Gasteiger partial charge in [0.2, 0.25) is 5.91 Å². The second-order valence-corrected chi connectivity index (χ2v) is 9.00. The molecule has 0 spiro atoms. The standard InChI is InChI=1S/C23H33BrN2O4/c1-3-14-30-21-19(24)15-18(16-20(21)29-2)23(28)26-12-8-17(9-13-26)22(27)25-10-6-4-5-7-11-25/h15-17H,3-14H2,1-2H3. The first-order chi connectivity index (χ1) is 14.5. The molecule has 2 aliphatic heterocycles. The van der Waals surface area contributed by atoms with Crippen molar-refractivity contribution in [2.24, 2.45) is 5.92 Å². The smallest absolute Gasteiger partial charge is 0.254 e. The van der Waals surface area contributed by atoms with Gasteiger partial charge in [0.15, 0.2) is 11.5 Å². The van der Waals surface area contributed by atoms with Gasteiger partial charge in [0.05, 0.1) is 18.2 Å². The lowest BCUT2D eigenvalue weighted by Crippen LogP contribution is -2.44. The van der Waals surface area contributed by atoms with Gasteiger partial charge in [0.25, 0.3) is 5.91 Å². The van der Waals surface area contributed by atoms with Crippen LogP contribution in [0.4, 0.5) is 0 Å². The van der Waals surface area contributed by atoms with E-state index in [2.05, 4.69) is 15.9 Å². The molecule has 0 N–H and O–H groups in total. The summed E-state index contributed by atoms with van der Waals surface area (Å²) in [5, 5.41) is 0. The highest BCUT2D eigenvalue weighted by molar-refractivity contribution is 9.10. The summed E-state index contributed by atoms with van der Waals surface area (Å²) in [6, 6.07) is 3.54. The van der Waals surface area contributed by atoms with Crippen LogP contribution >= 0.6 is 15.9 Å². The maximum absolute atomic E-state index is 13.1. The molecule has 0 radical (unpaired) electrons. The van der Waals surface area contributed by atoms with E-state index in [9.17, 15) is 9.59 Å². The van der Waals surface area contributed by atoms with E-state index in [1.54, 1.807) is 19.2 Å². The molecule has 166 valence electrons. The van der Waals surface area contributed by atoms with Gasteiger partial charge in [0, 0.05) is 37.7 Å². The number of likely N-dealkylation sites (tertiary alicyclic amines) is 2. The number of carbonyl (C=O) groups is 2. The van der Waals surface area contributed by atoms with E-state index < -0.39 is 0 Å². The second-order valence-electron chi connectivity index (χ2n) is 8.14. The number of methoxy groups -OCH3 is 1. The molecule has 1 aromatic rings.